The molecule has 0 aliphatic carbocycles. The van der Waals surface area contributed by atoms with E-state index in [1.165, 1.54) is 6.20 Å². The van der Waals surface area contributed by atoms with Crippen molar-refractivity contribution in [1.82, 2.24) is 4.98 Å². The van der Waals surface area contributed by atoms with Crippen LogP contribution in [-0.4, -0.2) is 17.5 Å². The summed E-state index contributed by atoms with van der Waals surface area (Å²) >= 11 is 11.8. The summed E-state index contributed by atoms with van der Waals surface area (Å²) in [4.78, 5) is 15.6. The van der Waals surface area contributed by atoms with Crippen LogP contribution in [0.3, 0.4) is 0 Å². The standard InChI is InChI=1S/C13H10Cl2N2O2/c14-10-4-1-5-11(13(10)15)17-12(18)8-19-9-3-2-6-16-7-9/h1-7H,8H2,(H,17,18). The van der Waals surface area contributed by atoms with Crippen molar-refractivity contribution in [3.63, 3.8) is 0 Å². The number of rotatable bonds is 4. The number of benzene rings is 1. The third-order valence-electron chi connectivity index (χ3n) is 2.23. The van der Waals surface area contributed by atoms with Crippen LogP contribution in [0.2, 0.25) is 10.0 Å². The summed E-state index contributed by atoms with van der Waals surface area (Å²) < 4.78 is 5.26. The Morgan fingerprint density at radius 3 is 2.84 bits per heavy atom. The molecule has 19 heavy (non-hydrogen) atoms. The Hall–Kier alpha value is -1.78. The maximum absolute atomic E-state index is 11.7. The summed E-state index contributed by atoms with van der Waals surface area (Å²) in [6.45, 7) is -0.130. The van der Waals surface area contributed by atoms with Gasteiger partial charge in [-0.15, -0.1) is 0 Å². The fraction of sp³-hybridized carbons (Fsp3) is 0.0769. The van der Waals surface area contributed by atoms with E-state index in [1.54, 1.807) is 36.5 Å². The van der Waals surface area contributed by atoms with Gasteiger partial charge in [-0.25, -0.2) is 0 Å². The van der Waals surface area contributed by atoms with Crippen LogP contribution in [0.4, 0.5) is 5.69 Å². The van der Waals surface area contributed by atoms with E-state index in [0.29, 0.717) is 21.5 Å². The molecule has 1 aromatic heterocycles. The van der Waals surface area contributed by atoms with Gasteiger partial charge in [0.25, 0.3) is 5.91 Å². The van der Waals surface area contributed by atoms with Crippen LogP contribution >= 0.6 is 23.2 Å². The molecule has 1 N–H and O–H groups in total. The monoisotopic (exact) mass is 296 g/mol. The normalized spacial score (nSPS) is 10.0. The Labute approximate surface area is 120 Å². The van der Waals surface area contributed by atoms with Crippen LogP contribution < -0.4 is 10.1 Å². The zero-order valence-electron chi connectivity index (χ0n) is 9.77. The lowest BCUT2D eigenvalue weighted by molar-refractivity contribution is -0.118. The van der Waals surface area contributed by atoms with Crippen LogP contribution in [0, 0.1) is 0 Å². The SMILES string of the molecule is O=C(COc1cccnc1)Nc1cccc(Cl)c1Cl. The zero-order valence-corrected chi connectivity index (χ0v) is 11.3. The first-order chi connectivity index (χ1) is 9.16. The second-order valence-corrected chi connectivity index (χ2v) is 4.41. The van der Waals surface area contributed by atoms with Crippen LogP contribution in [0.1, 0.15) is 0 Å². The second-order valence-electron chi connectivity index (χ2n) is 3.63. The summed E-state index contributed by atoms with van der Waals surface area (Å²) in [6.07, 6.45) is 3.15. The molecule has 0 spiro atoms. The predicted octanol–water partition coefficient (Wildman–Crippen LogP) is 3.41. The van der Waals surface area contributed by atoms with Gasteiger partial charge in [0.15, 0.2) is 6.61 Å². The molecule has 0 saturated carbocycles. The number of carbonyl (C=O) groups is 1. The minimum Gasteiger partial charge on any atom is -0.482 e. The lowest BCUT2D eigenvalue weighted by Crippen LogP contribution is -2.20. The Kier molecular flexibility index (Phi) is 4.60. The Morgan fingerprint density at radius 1 is 1.26 bits per heavy atom. The number of carbonyl (C=O) groups excluding carboxylic acids is 1. The second kappa shape index (κ2) is 6.41. The van der Waals surface area contributed by atoms with Crippen LogP contribution in [0.15, 0.2) is 42.7 Å². The van der Waals surface area contributed by atoms with Gasteiger partial charge in [0.2, 0.25) is 0 Å². The van der Waals surface area contributed by atoms with Gasteiger partial charge in [0.1, 0.15) is 5.75 Å². The van der Waals surface area contributed by atoms with Crippen LogP contribution in [-0.2, 0) is 4.79 Å². The molecule has 1 aromatic carbocycles. The predicted molar refractivity (Wildman–Crippen MR) is 74.8 cm³/mol. The third-order valence-corrected chi connectivity index (χ3v) is 3.05. The van der Waals surface area contributed by atoms with E-state index in [9.17, 15) is 4.79 Å². The van der Waals surface area contributed by atoms with Crippen molar-refractivity contribution in [3.05, 3.63) is 52.8 Å². The van der Waals surface area contributed by atoms with Gasteiger partial charge in [-0.1, -0.05) is 29.3 Å². The molecule has 2 rings (SSSR count). The molecule has 0 radical (unpaired) electrons. The first-order valence-electron chi connectivity index (χ1n) is 5.43. The van der Waals surface area contributed by atoms with Crippen molar-refractivity contribution in [2.45, 2.75) is 0 Å². The highest BCUT2D eigenvalue weighted by Crippen LogP contribution is 2.29. The average molecular weight is 297 g/mol. The van der Waals surface area contributed by atoms with Crippen molar-refractivity contribution < 1.29 is 9.53 Å². The van der Waals surface area contributed by atoms with Crippen molar-refractivity contribution in [1.29, 1.82) is 0 Å². The average Bonchev–Trinajstić information content (AvgIpc) is 2.43. The Bertz CT molecular complexity index is 576. The number of hydrogen-bond acceptors (Lipinski definition) is 3. The first kappa shape index (κ1) is 13.6. The van der Waals surface area contributed by atoms with E-state index >= 15 is 0 Å². The van der Waals surface area contributed by atoms with Gasteiger partial charge in [0.05, 0.1) is 21.9 Å². The molecule has 0 unspecified atom stereocenters. The summed E-state index contributed by atoms with van der Waals surface area (Å²) in [5.41, 5.74) is 0.453. The summed E-state index contributed by atoms with van der Waals surface area (Å²) in [5.74, 6) is 0.197. The molecular formula is C13H10Cl2N2O2. The van der Waals surface area contributed by atoms with E-state index in [2.05, 4.69) is 10.3 Å². The first-order valence-corrected chi connectivity index (χ1v) is 6.19. The largest absolute Gasteiger partial charge is 0.482 e. The van der Waals surface area contributed by atoms with Crippen LogP contribution in [0.25, 0.3) is 0 Å². The van der Waals surface area contributed by atoms with E-state index < -0.39 is 0 Å². The number of aromatic nitrogens is 1. The third kappa shape index (κ3) is 3.84. The fourth-order valence-corrected chi connectivity index (χ4v) is 1.72. The quantitative estimate of drug-likeness (QED) is 0.941. The summed E-state index contributed by atoms with van der Waals surface area (Å²) in [5, 5.41) is 3.31. The minimum absolute atomic E-state index is 0.130. The van der Waals surface area contributed by atoms with Gasteiger partial charge in [-0.3, -0.25) is 9.78 Å². The molecule has 4 nitrogen and oxygen atoms in total. The number of anilines is 1. The molecule has 0 aliphatic heterocycles. The maximum Gasteiger partial charge on any atom is 0.262 e. The van der Waals surface area contributed by atoms with Crippen molar-refractivity contribution in [2.75, 3.05) is 11.9 Å². The Balaban J connectivity index is 1.93. The highest BCUT2D eigenvalue weighted by Gasteiger charge is 2.08. The number of amides is 1. The molecule has 1 amide bonds. The molecular weight excluding hydrogens is 287 g/mol. The number of pyridine rings is 1. The molecule has 6 heteroatoms. The summed E-state index contributed by atoms with van der Waals surface area (Å²) in [6, 6.07) is 8.45. The van der Waals surface area contributed by atoms with Gasteiger partial charge in [0, 0.05) is 6.20 Å². The number of ether oxygens (including phenoxy) is 1. The summed E-state index contributed by atoms with van der Waals surface area (Å²) in [7, 11) is 0. The molecule has 0 saturated heterocycles. The molecule has 0 bridgehead atoms. The highest BCUT2D eigenvalue weighted by atomic mass is 35.5. The lowest BCUT2D eigenvalue weighted by atomic mass is 10.3. The van der Waals surface area contributed by atoms with Gasteiger partial charge >= 0.3 is 0 Å². The molecule has 2 aromatic rings. The van der Waals surface area contributed by atoms with Crippen molar-refractivity contribution in [3.8, 4) is 5.75 Å². The number of nitrogens with zero attached hydrogens (tertiary/aromatic N) is 1. The smallest absolute Gasteiger partial charge is 0.262 e. The zero-order chi connectivity index (χ0) is 13.7. The molecule has 1 heterocycles. The highest BCUT2D eigenvalue weighted by molar-refractivity contribution is 6.43. The molecule has 98 valence electrons. The fourth-order valence-electron chi connectivity index (χ4n) is 1.37. The number of halogens is 2. The van der Waals surface area contributed by atoms with Gasteiger partial charge in [-0.05, 0) is 24.3 Å². The maximum atomic E-state index is 11.7. The van der Waals surface area contributed by atoms with Crippen molar-refractivity contribution >= 4 is 34.8 Å². The molecule has 0 atom stereocenters. The van der Waals surface area contributed by atoms with Gasteiger partial charge in [-0.2, -0.15) is 0 Å². The molecule has 0 fully saturated rings. The van der Waals surface area contributed by atoms with Crippen molar-refractivity contribution in [2.24, 2.45) is 0 Å². The van der Waals surface area contributed by atoms with E-state index in [-0.39, 0.29) is 12.5 Å². The minimum atomic E-state index is -0.326. The van der Waals surface area contributed by atoms with E-state index in [4.69, 9.17) is 27.9 Å². The lowest BCUT2D eigenvalue weighted by Gasteiger charge is -2.09. The van der Waals surface area contributed by atoms with Crippen LogP contribution in [0.5, 0.6) is 5.75 Å². The van der Waals surface area contributed by atoms with Gasteiger partial charge < -0.3 is 10.1 Å². The number of hydrogen-bond donors (Lipinski definition) is 1. The number of nitrogens with one attached hydrogen (secondary N) is 1. The Morgan fingerprint density at radius 2 is 2.11 bits per heavy atom. The molecule has 0 aliphatic rings. The van der Waals surface area contributed by atoms with E-state index in [1.807, 2.05) is 0 Å². The van der Waals surface area contributed by atoms with E-state index in [0.717, 1.165) is 0 Å². The topological polar surface area (TPSA) is 51.2 Å².